The number of rotatable bonds is 7. The van der Waals surface area contributed by atoms with Crippen LogP contribution in [0, 0.1) is 10.1 Å². The first-order valence-corrected chi connectivity index (χ1v) is 8.58. The number of nitro groups is 1. The van der Waals surface area contributed by atoms with Gasteiger partial charge >= 0.3 is 5.82 Å². The number of ether oxygens (including phenoxy) is 1. The van der Waals surface area contributed by atoms with Crippen molar-refractivity contribution in [3.63, 3.8) is 0 Å². The summed E-state index contributed by atoms with van der Waals surface area (Å²) >= 11 is 3.10. The highest BCUT2D eigenvalue weighted by molar-refractivity contribution is 9.10. The smallest absolute Gasteiger partial charge is 0.404 e. The van der Waals surface area contributed by atoms with E-state index in [0.717, 1.165) is 0 Å². The number of furan rings is 1. The van der Waals surface area contributed by atoms with Crippen LogP contribution in [0.1, 0.15) is 21.9 Å². The van der Waals surface area contributed by atoms with Gasteiger partial charge in [-0.2, -0.15) is 4.68 Å². The van der Waals surface area contributed by atoms with Crippen molar-refractivity contribution in [1.29, 1.82) is 0 Å². The van der Waals surface area contributed by atoms with Gasteiger partial charge in [-0.05, 0) is 57.3 Å². The SMILES string of the molecule is COc1cccc(C(=O)/C=C/c2ccc(Cn3cc(Br)c([N+](=O)[O-])n3)o2)c1. The van der Waals surface area contributed by atoms with Gasteiger partial charge in [-0.1, -0.05) is 12.1 Å². The van der Waals surface area contributed by atoms with Crippen molar-refractivity contribution in [2.75, 3.05) is 7.11 Å². The minimum Gasteiger partial charge on any atom is -0.497 e. The van der Waals surface area contributed by atoms with Crippen LogP contribution in [0.2, 0.25) is 0 Å². The Morgan fingerprint density at radius 2 is 2.22 bits per heavy atom. The largest absolute Gasteiger partial charge is 0.497 e. The van der Waals surface area contributed by atoms with E-state index in [0.29, 0.717) is 27.3 Å². The minimum atomic E-state index is -0.568. The molecule has 3 aromatic rings. The fourth-order valence-corrected chi connectivity index (χ4v) is 2.81. The summed E-state index contributed by atoms with van der Waals surface area (Å²) in [5, 5.41) is 14.7. The van der Waals surface area contributed by atoms with Gasteiger partial charge in [0.2, 0.25) is 0 Å². The molecule has 0 spiro atoms. The second-order valence-electron chi connectivity index (χ2n) is 5.49. The average molecular weight is 432 g/mol. The Labute approximate surface area is 162 Å². The third kappa shape index (κ3) is 4.50. The quantitative estimate of drug-likeness (QED) is 0.241. The molecule has 2 heterocycles. The van der Waals surface area contributed by atoms with Gasteiger partial charge in [-0.25, -0.2) is 0 Å². The molecule has 0 bridgehead atoms. The number of carbonyl (C=O) groups is 1. The maximum absolute atomic E-state index is 12.2. The molecule has 0 atom stereocenters. The summed E-state index contributed by atoms with van der Waals surface area (Å²) < 4.78 is 12.4. The number of ketones is 1. The molecule has 8 nitrogen and oxygen atoms in total. The van der Waals surface area contributed by atoms with Crippen LogP contribution in [0.4, 0.5) is 5.82 Å². The number of hydrogen-bond acceptors (Lipinski definition) is 6. The maximum Gasteiger partial charge on any atom is 0.404 e. The van der Waals surface area contributed by atoms with Gasteiger partial charge < -0.3 is 19.3 Å². The van der Waals surface area contributed by atoms with E-state index in [1.54, 1.807) is 42.5 Å². The molecule has 0 fully saturated rings. The van der Waals surface area contributed by atoms with Gasteiger partial charge in [0.05, 0.1) is 18.4 Å². The number of allylic oxidation sites excluding steroid dienone is 1. The van der Waals surface area contributed by atoms with Crippen molar-refractivity contribution < 1.29 is 18.9 Å². The zero-order valence-corrected chi connectivity index (χ0v) is 15.8. The predicted octanol–water partition coefficient (Wildman–Crippen LogP) is 4.10. The lowest BCUT2D eigenvalue weighted by Gasteiger charge is -2.00. The van der Waals surface area contributed by atoms with Crippen LogP contribution in [0.5, 0.6) is 5.75 Å². The lowest BCUT2D eigenvalue weighted by Crippen LogP contribution is -2.00. The van der Waals surface area contributed by atoms with E-state index >= 15 is 0 Å². The monoisotopic (exact) mass is 431 g/mol. The minimum absolute atomic E-state index is 0.182. The van der Waals surface area contributed by atoms with E-state index < -0.39 is 4.92 Å². The Morgan fingerprint density at radius 1 is 1.41 bits per heavy atom. The molecule has 3 rings (SSSR count). The third-order valence-electron chi connectivity index (χ3n) is 3.63. The van der Waals surface area contributed by atoms with Gasteiger partial charge in [0.1, 0.15) is 28.3 Å². The highest BCUT2D eigenvalue weighted by atomic mass is 79.9. The van der Waals surface area contributed by atoms with Crippen LogP contribution >= 0.6 is 15.9 Å². The summed E-state index contributed by atoms with van der Waals surface area (Å²) in [6.45, 7) is 0.226. The van der Waals surface area contributed by atoms with Crippen LogP contribution in [-0.2, 0) is 6.54 Å². The second kappa shape index (κ2) is 8.00. The molecular weight excluding hydrogens is 418 g/mol. The van der Waals surface area contributed by atoms with Crippen molar-refractivity contribution >= 4 is 33.6 Å². The number of aromatic nitrogens is 2. The number of halogens is 1. The molecule has 2 aromatic heterocycles. The fraction of sp³-hybridized carbons (Fsp3) is 0.111. The summed E-state index contributed by atoms with van der Waals surface area (Å²) in [4.78, 5) is 22.5. The Balaban J connectivity index is 1.68. The van der Waals surface area contributed by atoms with E-state index in [9.17, 15) is 14.9 Å². The molecule has 27 heavy (non-hydrogen) atoms. The highest BCUT2D eigenvalue weighted by Gasteiger charge is 2.19. The molecule has 0 amide bonds. The van der Waals surface area contributed by atoms with Gasteiger partial charge in [0.25, 0.3) is 0 Å². The predicted molar refractivity (Wildman–Crippen MR) is 101 cm³/mol. The molecule has 0 radical (unpaired) electrons. The van der Waals surface area contributed by atoms with E-state index in [1.165, 1.54) is 24.1 Å². The molecule has 0 aliphatic carbocycles. The molecule has 0 aliphatic rings. The Hall–Kier alpha value is -3.20. The molecular formula is C18H14BrN3O5. The zero-order chi connectivity index (χ0) is 19.4. The van der Waals surface area contributed by atoms with Crippen molar-refractivity contribution in [1.82, 2.24) is 9.78 Å². The van der Waals surface area contributed by atoms with E-state index in [1.807, 2.05) is 0 Å². The van der Waals surface area contributed by atoms with E-state index in [2.05, 4.69) is 21.0 Å². The fourth-order valence-electron chi connectivity index (χ4n) is 2.35. The van der Waals surface area contributed by atoms with Crippen molar-refractivity contribution in [3.05, 3.63) is 80.3 Å². The van der Waals surface area contributed by atoms with Crippen molar-refractivity contribution in [3.8, 4) is 5.75 Å². The van der Waals surface area contributed by atoms with Gasteiger partial charge in [0, 0.05) is 5.56 Å². The summed E-state index contributed by atoms with van der Waals surface area (Å²) in [5.41, 5.74) is 0.506. The lowest BCUT2D eigenvalue weighted by atomic mass is 10.1. The average Bonchev–Trinajstić information content (AvgIpc) is 3.26. The van der Waals surface area contributed by atoms with Gasteiger partial charge in [0.15, 0.2) is 5.78 Å². The summed E-state index contributed by atoms with van der Waals surface area (Å²) in [7, 11) is 1.54. The zero-order valence-electron chi connectivity index (χ0n) is 14.2. The number of hydrogen-bond donors (Lipinski definition) is 0. The number of benzene rings is 1. The lowest BCUT2D eigenvalue weighted by molar-refractivity contribution is -0.390. The highest BCUT2D eigenvalue weighted by Crippen LogP contribution is 2.23. The number of carbonyl (C=O) groups excluding carboxylic acids is 1. The summed E-state index contributed by atoms with van der Waals surface area (Å²) in [6, 6.07) is 10.3. The first-order valence-electron chi connectivity index (χ1n) is 7.79. The molecule has 0 N–H and O–H groups in total. The first-order chi connectivity index (χ1) is 13.0. The van der Waals surface area contributed by atoms with Gasteiger partial charge in [-0.15, -0.1) is 0 Å². The molecule has 1 aromatic carbocycles. The van der Waals surface area contributed by atoms with Crippen LogP contribution in [0.25, 0.3) is 6.08 Å². The number of nitrogens with zero attached hydrogens (tertiary/aromatic N) is 3. The Kier molecular flexibility index (Phi) is 5.51. The first kappa shape index (κ1) is 18.6. The van der Waals surface area contributed by atoms with Crippen LogP contribution < -0.4 is 4.74 Å². The second-order valence-corrected chi connectivity index (χ2v) is 6.34. The van der Waals surface area contributed by atoms with E-state index in [4.69, 9.17) is 9.15 Å². The summed E-state index contributed by atoms with van der Waals surface area (Å²) in [5.74, 6) is 1.20. The van der Waals surface area contributed by atoms with Gasteiger partial charge in [-0.3, -0.25) is 4.79 Å². The molecule has 138 valence electrons. The van der Waals surface area contributed by atoms with E-state index in [-0.39, 0.29) is 18.1 Å². The normalized spacial score (nSPS) is 11.0. The topological polar surface area (TPSA) is 100 Å². The summed E-state index contributed by atoms with van der Waals surface area (Å²) in [6.07, 6.45) is 4.47. The van der Waals surface area contributed by atoms with Crippen LogP contribution in [-0.4, -0.2) is 27.6 Å². The van der Waals surface area contributed by atoms with Crippen LogP contribution in [0.3, 0.4) is 0 Å². The standard InChI is InChI=1S/C18H14BrN3O5/c1-26-14-4-2-3-12(9-14)17(23)8-7-13-5-6-15(27-13)10-21-11-16(19)18(20-21)22(24)25/h2-9,11H,10H2,1H3/b8-7+. The number of methoxy groups -OCH3 is 1. The Bertz CT molecular complexity index is 1020. The van der Waals surface area contributed by atoms with Crippen LogP contribution in [0.15, 0.2) is 57.6 Å². The molecule has 0 unspecified atom stereocenters. The Morgan fingerprint density at radius 3 is 2.93 bits per heavy atom. The maximum atomic E-state index is 12.2. The third-order valence-corrected chi connectivity index (χ3v) is 4.18. The molecule has 9 heteroatoms. The van der Waals surface area contributed by atoms with Crippen molar-refractivity contribution in [2.45, 2.75) is 6.54 Å². The molecule has 0 saturated heterocycles. The van der Waals surface area contributed by atoms with Crippen molar-refractivity contribution in [2.24, 2.45) is 0 Å². The molecule has 0 saturated carbocycles. The molecule has 0 aliphatic heterocycles.